The third-order valence-corrected chi connectivity index (χ3v) is 4.01. The predicted molar refractivity (Wildman–Crippen MR) is 76.8 cm³/mol. The van der Waals surface area contributed by atoms with Crippen LogP contribution in [0.3, 0.4) is 0 Å². The molecule has 0 saturated heterocycles. The fourth-order valence-electron chi connectivity index (χ4n) is 1.61. The minimum Gasteiger partial charge on any atom is -0.277 e. The molecule has 0 N–H and O–H groups in total. The maximum Gasteiger partial charge on any atom is 0.195 e. The van der Waals surface area contributed by atoms with Gasteiger partial charge in [-0.3, -0.25) is 4.40 Å². The van der Waals surface area contributed by atoms with E-state index in [1.54, 1.807) is 12.1 Å². The number of fused-ring (bicyclic) bond motifs is 1. The average Bonchev–Trinajstić information content (AvgIpc) is 2.83. The molecule has 0 spiro atoms. The lowest BCUT2D eigenvalue weighted by molar-refractivity contribution is 0.920. The van der Waals surface area contributed by atoms with Crippen LogP contribution in [-0.4, -0.2) is 19.6 Å². The van der Waals surface area contributed by atoms with Crippen LogP contribution in [0.2, 0.25) is 10.2 Å². The summed E-state index contributed by atoms with van der Waals surface area (Å²) in [5, 5.41) is 10.1. The monoisotopic (exact) mass is 310 g/mol. The van der Waals surface area contributed by atoms with Crippen LogP contribution in [0.1, 0.15) is 5.69 Å². The maximum atomic E-state index is 6.08. The number of halogens is 2. The molecule has 0 aliphatic rings. The molecule has 0 unspecified atom stereocenters. The number of hydrogen-bond acceptors (Lipinski definition) is 4. The molecule has 0 atom stereocenters. The molecule has 3 rings (SSSR count). The van der Waals surface area contributed by atoms with Gasteiger partial charge in [-0.15, -0.1) is 10.2 Å². The molecule has 0 aliphatic heterocycles. The van der Waals surface area contributed by atoms with Crippen molar-refractivity contribution in [1.29, 1.82) is 0 Å². The Balaban J connectivity index is 1.84. The summed E-state index contributed by atoms with van der Waals surface area (Å²) >= 11 is 13.5. The molecule has 19 heavy (non-hydrogen) atoms. The minimum absolute atomic E-state index is 0.436. The molecule has 0 radical (unpaired) electrons. The Kier molecular flexibility index (Phi) is 3.59. The van der Waals surface area contributed by atoms with Gasteiger partial charge in [0.05, 0.1) is 10.7 Å². The van der Waals surface area contributed by atoms with Gasteiger partial charge in [0.15, 0.2) is 10.8 Å². The Bertz CT molecular complexity index is 729. The third-order valence-electron chi connectivity index (χ3n) is 2.51. The van der Waals surface area contributed by atoms with Crippen LogP contribution in [0.4, 0.5) is 0 Å². The van der Waals surface area contributed by atoms with E-state index in [1.165, 1.54) is 11.8 Å². The standard InChI is InChI=1S/C12H8Cl2N4S/c13-8-4-5-10(14)15-9(8)7-19-12-17-16-11-3-1-2-6-18(11)12/h1-6H,7H2. The fraction of sp³-hybridized carbons (Fsp3) is 0.0833. The van der Waals surface area contributed by atoms with Gasteiger partial charge >= 0.3 is 0 Å². The number of pyridine rings is 2. The van der Waals surface area contributed by atoms with Crippen LogP contribution in [0.5, 0.6) is 0 Å². The largest absolute Gasteiger partial charge is 0.277 e. The Labute approximate surface area is 123 Å². The number of hydrogen-bond donors (Lipinski definition) is 0. The molecule has 3 aromatic rings. The van der Waals surface area contributed by atoms with Crippen molar-refractivity contribution in [3.05, 3.63) is 52.4 Å². The van der Waals surface area contributed by atoms with Crippen LogP contribution in [-0.2, 0) is 5.75 Å². The summed E-state index contributed by atoms with van der Waals surface area (Å²) in [6.07, 6.45) is 1.92. The van der Waals surface area contributed by atoms with Crippen molar-refractivity contribution in [3.8, 4) is 0 Å². The van der Waals surface area contributed by atoms with Gasteiger partial charge in [-0.1, -0.05) is 41.0 Å². The zero-order valence-corrected chi connectivity index (χ0v) is 12.0. The van der Waals surface area contributed by atoms with Gasteiger partial charge in [0.25, 0.3) is 0 Å². The zero-order valence-electron chi connectivity index (χ0n) is 9.62. The van der Waals surface area contributed by atoms with Gasteiger partial charge in [-0.25, -0.2) is 4.98 Å². The van der Waals surface area contributed by atoms with Crippen molar-refractivity contribution in [1.82, 2.24) is 19.6 Å². The molecule has 96 valence electrons. The quantitative estimate of drug-likeness (QED) is 0.546. The van der Waals surface area contributed by atoms with E-state index in [1.807, 2.05) is 28.8 Å². The highest BCUT2D eigenvalue weighted by Gasteiger charge is 2.08. The van der Waals surface area contributed by atoms with Crippen LogP contribution >= 0.6 is 35.0 Å². The lowest BCUT2D eigenvalue weighted by Crippen LogP contribution is -1.91. The Hall–Kier alpha value is -1.30. The van der Waals surface area contributed by atoms with E-state index >= 15 is 0 Å². The zero-order chi connectivity index (χ0) is 13.2. The first kappa shape index (κ1) is 12.7. The maximum absolute atomic E-state index is 6.08. The lowest BCUT2D eigenvalue weighted by Gasteiger charge is -2.03. The van der Waals surface area contributed by atoms with Crippen molar-refractivity contribution >= 4 is 40.6 Å². The van der Waals surface area contributed by atoms with Crippen molar-refractivity contribution in [2.24, 2.45) is 0 Å². The number of thioether (sulfide) groups is 1. The molecule has 7 heteroatoms. The van der Waals surface area contributed by atoms with E-state index in [0.29, 0.717) is 15.9 Å². The SMILES string of the molecule is Clc1ccc(Cl)c(CSc2nnc3ccccn23)n1. The Morgan fingerprint density at radius 2 is 2.00 bits per heavy atom. The molecule has 0 fully saturated rings. The van der Waals surface area contributed by atoms with Crippen LogP contribution in [0.25, 0.3) is 5.65 Å². The highest BCUT2D eigenvalue weighted by atomic mass is 35.5. The second-order valence-electron chi connectivity index (χ2n) is 3.76. The van der Waals surface area contributed by atoms with E-state index in [4.69, 9.17) is 23.2 Å². The van der Waals surface area contributed by atoms with E-state index < -0.39 is 0 Å². The van der Waals surface area contributed by atoms with Crippen molar-refractivity contribution in [2.75, 3.05) is 0 Å². The normalized spacial score (nSPS) is 11.1. The summed E-state index contributed by atoms with van der Waals surface area (Å²) < 4.78 is 1.92. The molecule has 0 bridgehead atoms. The fourth-order valence-corrected chi connectivity index (χ4v) is 2.90. The molecule has 0 aliphatic carbocycles. The topological polar surface area (TPSA) is 43.1 Å². The van der Waals surface area contributed by atoms with Crippen LogP contribution in [0.15, 0.2) is 41.7 Å². The summed E-state index contributed by atoms with van der Waals surface area (Å²) in [7, 11) is 0. The third kappa shape index (κ3) is 2.68. The first-order chi connectivity index (χ1) is 9.24. The summed E-state index contributed by atoms with van der Waals surface area (Å²) in [6, 6.07) is 9.18. The molecule has 4 nitrogen and oxygen atoms in total. The highest BCUT2D eigenvalue weighted by Crippen LogP contribution is 2.25. The highest BCUT2D eigenvalue weighted by molar-refractivity contribution is 7.98. The van der Waals surface area contributed by atoms with Crippen molar-refractivity contribution in [3.63, 3.8) is 0 Å². The van der Waals surface area contributed by atoms with Gasteiger partial charge in [0, 0.05) is 11.9 Å². The van der Waals surface area contributed by atoms with E-state index in [9.17, 15) is 0 Å². The van der Waals surface area contributed by atoms with E-state index in [2.05, 4.69) is 15.2 Å². The predicted octanol–water partition coefficient (Wildman–Crippen LogP) is 3.72. The molecule has 0 aromatic carbocycles. The summed E-state index contributed by atoms with van der Waals surface area (Å²) in [5.41, 5.74) is 1.56. The van der Waals surface area contributed by atoms with E-state index in [0.717, 1.165) is 16.5 Å². The van der Waals surface area contributed by atoms with Gasteiger partial charge in [0.1, 0.15) is 5.15 Å². The van der Waals surface area contributed by atoms with Crippen molar-refractivity contribution < 1.29 is 0 Å². The Morgan fingerprint density at radius 3 is 2.89 bits per heavy atom. The first-order valence-corrected chi connectivity index (χ1v) is 7.22. The smallest absolute Gasteiger partial charge is 0.195 e. The number of aromatic nitrogens is 4. The lowest BCUT2D eigenvalue weighted by atomic mass is 10.4. The van der Waals surface area contributed by atoms with Gasteiger partial charge in [0.2, 0.25) is 0 Å². The molecule has 0 amide bonds. The molecule has 3 aromatic heterocycles. The second kappa shape index (κ2) is 5.36. The van der Waals surface area contributed by atoms with Gasteiger partial charge in [-0.2, -0.15) is 0 Å². The molecule has 0 saturated carbocycles. The average molecular weight is 311 g/mol. The number of nitrogens with zero attached hydrogens (tertiary/aromatic N) is 4. The summed E-state index contributed by atoms with van der Waals surface area (Å²) in [4.78, 5) is 4.21. The van der Waals surface area contributed by atoms with Gasteiger partial charge < -0.3 is 0 Å². The van der Waals surface area contributed by atoms with E-state index in [-0.39, 0.29) is 0 Å². The first-order valence-electron chi connectivity index (χ1n) is 5.47. The molecule has 3 heterocycles. The molecular weight excluding hydrogens is 303 g/mol. The molecular formula is C12H8Cl2N4S. The second-order valence-corrected chi connectivity index (χ2v) is 5.50. The minimum atomic E-state index is 0.436. The number of rotatable bonds is 3. The van der Waals surface area contributed by atoms with Crippen molar-refractivity contribution in [2.45, 2.75) is 10.9 Å². The van der Waals surface area contributed by atoms with Crippen LogP contribution < -0.4 is 0 Å². The summed E-state index contributed by atoms with van der Waals surface area (Å²) in [5.74, 6) is 0.592. The Morgan fingerprint density at radius 1 is 1.11 bits per heavy atom. The van der Waals surface area contributed by atoms with Crippen LogP contribution in [0, 0.1) is 0 Å². The summed E-state index contributed by atoms with van der Waals surface area (Å²) in [6.45, 7) is 0. The van der Waals surface area contributed by atoms with Gasteiger partial charge in [-0.05, 0) is 24.3 Å².